The maximum atomic E-state index is 13.5. The van der Waals surface area contributed by atoms with E-state index in [2.05, 4.69) is 15.9 Å². The molecule has 1 fully saturated rings. The molecule has 0 aliphatic carbocycles. The van der Waals surface area contributed by atoms with Crippen molar-refractivity contribution in [2.24, 2.45) is 0 Å². The van der Waals surface area contributed by atoms with Crippen LogP contribution in [0.5, 0.6) is 5.75 Å². The number of nitrogens with zero attached hydrogens (tertiary/aromatic N) is 2. The fraction of sp³-hybridized carbons (Fsp3) is 0.333. The highest BCUT2D eigenvalue weighted by atomic mass is 35.5. The Balaban J connectivity index is 1.44. The number of rotatable bonds is 5. The zero-order valence-corrected chi connectivity index (χ0v) is 13.7. The van der Waals surface area contributed by atoms with Gasteiger partial charge in [-0.25, -0.2) is 4.39 Å². The lowest BCUT2D eigenvalue weighted by molar-refractivity contribution is 0.197. The van der Waals surface area contributed by atoms with Crippen LogP contribution in [-0.4, -0.2) is 44.2 Å². The van der Waals surface area contributed by atoms with Crippen LogP contribution < -0.4 is 9.64 Å². The number of piperazine rings is 1. The van der Waals surface area contributed by atoms with E-state index in [4.69, 9.17) is 16.3 Å². The summed E-state index contributed by atoms with van der Waals surface area (Å²) in [5.74, 6) is 0.0170. The Kier molecular flexibility index (Phi) is 5.36. The lowest BCUT2D eigenvalue weighted by Gasteiger charge is -2.36. The Hall–Kier alpha value is -1.78. The first-order valence-electron chi connectivity index (χ1n) is 7.82. The number of para-hydroxylation sites is 1. The lowest BCUT2D eigenvalue weighted by Crippen LogP contribution is -2.47. The molecule has 0 unspecified atom stereocenters. The Morgan fingerprint density at radius 1 is 1.00 bits per heavy atom. The molecular weight excluding hydrogens is 315 g/mol. The van der Waals surface area contributed by atoms with E-state index in [0.717, 1.165) is 37.7 Å². The van der Waals surface area contributed by atoms with E-state index < -0.39 is 0 Å². The van der Waals surface area contributed by atoms with Crippen LogP contribution in [-0.2, 0) is 0 Å². The highest BCUT2D eigenvalue weighted by molar-refractivity contribution is 6.30. The third-order valence-corrected chi connectivity index (χ3v) is 4.28. The van der Waals surface area contributed by atoms with E-state index in [-0.39, 0.29) is 5.82 Å². The molecule has 2 aromatic rings. The molecule has 1 saturated heterocycles. The summed E-state index contributed by atoms with van der Waals surface area (Å²) >= 11 is 6.05. The number of anilines is 1. The molecule has 1 aliphatic rings. The van der Waals surface area contributed by atoms with Gasteiger partial charge in [0.15, 0.2) is 11.6 Å². The minimum absolute atomic E-state index is 0.307. The van der Waals surface area contributed by atoms with Gasteiger partial charge in [-0.2, -0.15) is 0 Å². The topological polar surface area (TPSA) is 15.7 Å². The first-order chi connectivity index (χ1) is 11.2. The van der Waals surface area contributed by atoms with Crippen LogP contribution >= 0.6 is 11.6 Å². The van der Waals surface area contributed by atoms with Gasteiger partial charge in [-0.3, -0.25) is 4.90 Å². The van der Waals surface area contributed by atoms with Crippen LogP contribution in [0.2, 0.25) is 5.02 Å². The van der Waals surface area contributed by atoms with Gasteiger partial charge < -0.3 is 9.64 Å². The van der Waals surface area contributed by atoms with Gasteiger partial charge in [0.25, 0.3) is 0 Å². The summed E-state index contributed by atoms with van der Waals surface area (Å²) in [6.45, 7) is 5.15. The standard InChI is InChI=1S/C18H20ClFN2O/c19-15-4-3-5-16(14-15)22-10-8-21(9-11-22)12-13-23-18-7-2-1-6-17(18)20/h1-7,14H,8-13H2. The normalized spacial score (nSPS) is 15.7. The van der Waals surface area contributed by atoms with E-state index in [1.807, 2.05) is 18.2 Å². The maximum absolute atomic E-state index is 13.5. The fourth-order valence-electron chi connectivity index (χ4n) is 2.75. The average Bonchev–Trinajstić information content (AvgIpc) is 2.57. The van der Waals surface area contributed by atoms with Crippen LogP contribution in [0.4, 0.5) is 10.1 Å². The van der Waals surface area contributed by atoms with Gasteiger partial charge >= 0.3 is 0 Å². The van der Waals surface area contributed by atoms with Crippen molar-refractivity contribution in [1.82, 2.24) is 4.90 Å². The van der Waals surface area contributed by atoms with Gasteiger partial charge in [0, 0.05) is 43.4 Å². The molecule has 0 bridgehead atoms. The van der Waals surface area contributed by atoms with Crippen molar-refractivity contribution in [2.75, 3.05) is 44.2 Å². The van der Waals surface area contributed by atoms with Crippen LogP contribution in [0, 0.1) is 5.82 Å². The van der Waals surface area contributed by atoms with Gasteiger partial charge in [-0.15, -0.1) is 0 Å². The fourth-order valence-corrected chi connectivity index (χ4v) is 2.93. The predicted molar refractivity (Wildman–Crippen MR) is 92.0 cm³/mol. The van der Waals surface area contributed by atoms with Crippen molar-refractivity contribution < 1.29 is 9.13 Å². The second-order valence-electron chi connectivity index (χ2n) is 5.59. The van der Waals surface area contributed by atoms with Gasteiger partial charge in [-0.05, 0) is 30.3 Å². The molecule has 1 heterocycles. The van der Waals surface area contributed by atoms with Crippen molar-refractivity contribution >= 4 is 17.3 Å². The average molecular weight is 335 g/mol. The van der Waals surface area contributed by atoms with E-state index in [0.29, 0.717) is 12.4 Å². The van der Waals surface area contributed by atoms with Crippen molar-refractivity contribution in [3.05, 3.63) is 59.4 Å². The molecule has 0 aromatic heterocycles. The van der Waals surface area contributed by atoms with Crippen molar-refractivity contribution in [3.8, 4) is 5.75 Å². The Morgan fingerprint density at radius 2 is 1.78 bits per heavy atom. The molecule has 1 aliphatic heterocycles. The third kappa shape index (κ3) is 4.36. The molecule has 0 N–H and O–H groups in total. The summed E-state index contributed by atoms with van der Waals surface area (Å²) in [6, 6.07) is 14.5. The van der Waals surface area contributed by atoms with Crippen molar-refractivity contribution in [2.45, 2.75) is 0 Å². The Bertz CT molecular complexity index is 644. The largest absolute Gasteiger partial charge is 0.489 e. The Morgan fingerprint density at radius 3 is 2.52 bits per heavy atom. The van der Waals surface area contributed by atoms with Gasteiger partial charge in [0.1, 0.15) is 6.61 Å². The molecule has 0 atom stereocenters. The number of hydrogen-bond donors (Lipinski definition) is 0. The smallest absolute Gasteiger partial charge is 0.165 e. The summed E-state index contributed by atoms with van der Waals surface area (Å²) in [4.78, 5) is 4.67. The molecule has 0 saturated carbocycles. The minimum Gasteiger partial charge on any atom is -0.489 e. The quantitative estimate of drug-likeness (QED) is 0.829. The molecule has 0 amide bonds. The highest BCUT2D eigenvalue weighted by Gasteiger charge is 2.17. The Labute approximate surface area is 141 Å². The van der Waals surface area contributed by atoms with Crippen LogP contribution in [0.3, 0.4) is 0 Å². The summed E-state index contributed by atoms with van der Waals surface area (Å²) in [5, 5.41) is 0.767. The molecule has 0 spiro atoms. The van der Waals surface area contributed by atoms with Gasteiger partial charge in [0.05, 0.1) is 0 Å². The molecule has 5 heteroatoms. The molecule has 2 aromatic carbocycles. The van der Waals surface area contributed by atoms with E-state index in [1.54, 1.807) is 18.2 Å². The van der Waals surface area contributed by atoms with Crippen LogP contribution in [0.25, 0.3) is 0 Å². The predicted octanol–water partition coefficient (Wildman–Crippen LogP) is 3.68. The maximum Gasteiger partial charge on any atom is 0.165 e. The van der Waals surface area contributed by atoms with Crippen LogP contribution in [0.15, 0.2) is 48.5 Å². The third-order valence-electron chi connectivity index (χ3n) is 4.05. The molecule has 3 rings (SSSR count). The van der Waals surface area contributed by atoms with Crippen molar-refractivity contribution in [3.63, 3.8) is 0 Å². The number of hydrogen-bond acceptors (Lipinski definition) is 3. The molecule has 23 heavy (non-hydrogen) atoms. The monoisotopic (exact) mass is 334 g/mol. The molecule has 0 radical (unpaired) electrons. The molecule has 122 valence electrons. The SMILES string of the molecule is Fc1ccccc1OCCN1CCN(c2cccc(Cl)c2)CC1. The lowest BCUT2D eigenvalue weighted by atomic mass is 10.2. The first-order valence-corrected chi connectivity index (χ1v) is 8.20. The number of benzene rings is 2. The van der Waals surface area contributed by atoms with Crippen molar-refractivity contribution in [1.29, 1.82) is 0 Å². The molecular formula is C18H20ClFN2O. The summed E-state index contributed by atoms with van der Waals surface area (Å²) in [6.07, 6.45) is 0. The number of ether oxygens (including phenoxy) is 1. The minimum atomic E-state index is -0.307. The van der Waals surface area contributed by atoms with Gasteiger partial charge in [0.2, 0.25) is 0 Å². The molecule has 3 nitrogen and oxygen atoms in total. The van der Waals surface area contributed by atoms with E-state index >= 15 is 0 Å². The van der Waals surface area contributed by atoms with E-state index in [1.165, 1.54) is 11.8 Å². The second-order valence-corrected chi connectivity index (χ2v) is 6.02. The van der Waals surface area contributed by atoms with Crippen LogP contribution in [0.1, 0.15) is 0 Å². The summed E-state index contributed by atoms with van der Waals surface area (Å²) in [5.41, 5.74) is 1.17. The number of halogens is 2. The zero-order chi connectivity index (χ0) is 16.1. The second kappa shape index (κ2) is 7.66. The highest BCUT2D eigenvalue weighted by Crippen LogP contribution is 2.21. The van der Waals surface area contributed by atoms with E-state index in [9.17, 15) is 4.39 Å². The van der Waals surface area contributed by atoms with Gasteiger partial charge in [-0.1, -0.05) is 29.8 Å². The summed E-state index contributed by atoms with van der Waals surface area (Å²) in [7, 11) is 0. The summed E-state index contributed by atoms with van der Waals surface area (Å²) < 4.78 is 19.0. The zero-order valence-electron chi connectivity index (χ0n) is 12.9. The first kappa shape index (κ1) is 16.1.